The topological polar surface area (TPSA) is 75.5 Å². The normalized spacial score (nSPS) is 24.1. The lowest BCUT2D eigenvalue weighted by molar-refractivity contribution is -0.384. The highest BCUT2D eigenvalue weighted by Crippen LogP contribution is 2.41. The number of nitro benzene ring substituents is 1. The fraction of sp³-hybridized carbons (Fsp3) is 0.381. The van der Waals surface area contributed by atoms with Crippen LogP contribution in [0.3, 0.4) is 0 Å². The zero-order valence-electron chi connectivity index (χ0n) is 15.7. The van der Waals surface area contributed by atoms with Gasteiger partial charge in [-0.2, -0.15) is 0 Å². The fourth-order valence-corrected chi connectivity index (χ4v) is 5.52. The van der Waals surface area contributed by atoms with Crippen molar-refractivity contribution in [1.82, 2.24) is 4.90 Å². The third-order valence-electron chi connectivity index (χ3n) is 5.81. The van der Waals surface area contributed by atoms with Crippen LogP contribution in [0.4, 0.5) is 11.4 Å². The molecule has 3 atom stereocenters. The Morgan fingerprint density at radius 1 is 1.07 bits per heavy atom. The SMILES string of the molecule is CN1[C@@H]2CC[C@H]1CC(Sc1ccc(NC(=O)c3ccc([N+](=O)[O-])cc3)cc1)C2. The van der Waals surface area contributed by atoms with Gasteiger partial charge in [0.05, 0.1) is 4.92 Å². The monoisotopic (exact) mass is 397 g/mol. The molecule has 2 fully saturated rings. The lowest BCUT2D eigenvalue weighted by atomic mass is 10.0. The fourth-order valence-electron chi connectivity index (χ4n) is 4.20. The number of non-ortho nitro benzene ring substituents is 1. The quantitative estimate of drug-likeness (QED) is 0.591. The van der Waals surface area contributed by atoms with Gasteiger partial charge < -0.3 is 10.2 Å². The molecule has 6 nitrogen and oxygen atoms in total. The number of nitro groups is 1. The largest absolute Gasteiger partial charge is 0.322 e. The lowest BCUT2D eigenvalue weighted by Crippen LogP contribution is -2.40. The second kappa shape index (κ2) is 7.93. The summed E-state index contributed by atoms with van der Waals surface area (Å²) in [6.45, 7) is 0. The van der Waals surface area contributed by atoms with Crippen molar-refractivity contribution < 1.29 is 9.72 Å². The molecule has 2 aromatic carbocycles. The van der Waals surface area contributed by atoms with Crippen LogP contribution in [-0.4, -0.2) is 40.1 Å². The van der Waals surface area contributed by atoms with E-state index in [2.05, 4.69) is 29.4 Å². The molecular formula is C21H23N3O3S. The first kappa shape index (κ1) is 19.0. The van der Waals surface area contributed by atoms with Gasteiger partial charge in [0.2, 0.25) is 0 Å². The Morgan fingerprint density at radius 3 is 2.25 bits per heavy atom. The van der Waals surface area contributed by atoms with E-state index in [1.807, 2.05) is 23.9 Å². The van der Waals surface area contributed by atoms with Gasteiger partial charge in [0.25, 0.3) is 11.6 Å². The minimum absolute atomic E-state index is 0.0275. The summed E-state index contributed by atoms with van der Waals surface area (Å²) in [5, 5.41) is 14.2. The second-order valence-corrected chi connectivity index (χ2v) is 8.92. The van der Waals surface area contributed by atoms with Gasteiger partial charge in [-0.3, -0.25) is 14.9 Å². The predicted octanol–water partition coefficient (Wildman–Crippen LogP) is 4.56. The molecule has 1 N–H and O–H groups in total. The van der Waals surface area contributed by atoms with Gasteiger partial charge in [0.15, 0.2) is 0 Å². The van der Waals surface area contributed by atoms with Gasteiger partial charge in [-0.1, -0.05) is 0 Å². The number of amides is 1. The van der Waals surface area contributed by atoms with Crippen molar-refractivity contribution in [1.29, 1.82) is 0 Å². The number of hydrogen-bond acceptors (Lipinski definition) is 5. The molecule has 2 heterocycles. The van der Waals surface area contributed by atoms with E-state index in [1.165, 1.54) is 54.8 Å². The lowest BCUT2D eigenvalue weighted by Gasteiger charge is -2.36. The van der Waals surface area contributed by atoms with Crippen molar-refractivity contribution in [3.8, 4) is 0 Å². The molecule has 2 bridgehead atoms. The van der Waals surface area contributed by atoms with Crippen LogP contribution < -0.4 is 5.32 Å². The summed E-state index contributed by atoms with van der Waals surface area (Å²) in [5.41, 5.74) is 1.09. The molecule has 2 aliphatic heterocycles. The number of nitrogens with zero attached hydrogens (tertiary/aromatic N) is 2. The molecule has 1 amide bonds. The van der Waals surface area contributed by atoms with Crippen LogP contribution in [0.25, 0.3) is 0 Å². The molecule has 1 unspecified atom stereocenters. The molecule has 2 aliphatic rings. The molecule has 4 rings (SSSR count). The van der Waals surface area contributed by atoms with Crippen LogP contribution in [0, 0.1) is 10.1 Å². The van der Waals surface area contributed by atoms with Gasteiger partial charge in [-0.15, -0.1) is 11.8 Å². The van der Waals surface area contributed by atoms with Gasteiger partial charge >= 0.3 is 0 Å². The highest BCUT2D eigenvalue weighted by molar-refractivity contribution is 8.00. The number of benzene rings is 2. The Labute approximate surface area is 168 Å². The van der Waals surface area contributed by atoms with Crippen LogP contribution in [0.1, 0.15) is 36.0 Å². The van der Waals surface area contributed by atoms with Crippen molar-refractivity contribution in [2.24, 2.45) is 0 Å². The molecule has 2 aromatic rings. The van der Waals surface area contributed by atoms with E-state index in [0.717, 1.165) is 17.8 Å². The van der Waals surface area contributed by atoms with Gasteiger partial charge in [-0.05, 0) is 69.1 Å². The average Bonchev–Trinajstić information content (AvgIpc) is 2.90. The number of piperidine rings is 1. The molecule has 2 saturated heterocycles. The minimum atomic E-state index is -0.478. The van der Waals surface area contributed by atoms with Crippen LogP contribution in [0.15, 0.2) is 53.4 Å². The minimum Gasteiger partial charge on any atom is -0.322 e. The second-order valence-electron chi connectivity index (χ2n) is 7.54. The third kappa shape index (κ3) is 4.05. The van der Waals surface area contributed by atoms with Crippen LogP contribution >= 0.6 is 11.8 Å². The molecule has 7 heteroatoms. The molecule has 0 aliphatic carbocycles. The summed E-state index contributed by atoms with van der Waals surface area (Å²) in [6.07, 6.45) is 5.14. The van der Waals surface area contributed by atoms with Gasteiger partial charge in [0.1, 0.15) is 0 Å². The maximum Gasteiger partial charge on any atom is 0.269 e. The van der Waals surface area contributed by atoms with E-state index in [0.29, 0.717) is 10.8 Å². The number of rotatable bonds is 5. The number of carbonyl (C=O) groups is 1. The van der Waals surface area contributed by atoms with E-state index in [9.17, 15) is 14.9 Å². The summed E-state index contributed by atoms with van der Waals surface area (Å²) in [6, 6.07) is 15.0. The number of carbonyl (C=O) groups excluding carboxylic acids is 1. The molecule has 0 saturated carbocycles. The van der Waals surface area contributed by atoms with Crippen molar-refractivity contribution in [3.63, 3.8) is 0 Å². The van der Waals surface area contributed by atoms with Crippen molar-refractivity contribution in [2.45, 2.75) is 47.9 Å². The smallest absolute Gasteiger partial charge is 0.269 e. The summed E-state index contributed by atoms with van der Waals surface area (Å²) < 4.78 is 0. The first-order valence-corrected chi connectivity index (χ1v) is 10.4. The maximum absolute atomic E-state index is 12.3. The number of nitrogens with one attached hydrogen (secondary N) is 1. The van der Waals surface area contributed by atoms with E-state index in [1.54, 1.807) is 0 Å². The Bertz CT molecular complexity index is 855. The Balaban J connectivity index is 1.34. The standard InChI is InChI=1S/C21H23N3O3S/c1-23-17-8-9-18(23)13-20(12-17)28-19-10-4-15(5-11-19)22-21(25)14-2-6-16(7-3-14)24(26)27/h2-7,10-11,17-18,20H,8-9,12-13H2,1H3,(H,22,25)/t17-,18+,20?. The average molecular weight is 398 g/mol. The van der Waals surface area contributed by atoms with Gasteiger partial charge in [-0.25, -0.2) is 0 Å². The van der Waals surface area contributed by atoms with Crippen LogP contribution in [-0.2, 0) is 0 Å². The summed E-state index contributed by atoms with van der Waals surface area (Å²) in [4.78, 5) is 26.3. The van der Waals surface area contributed by atoms with Crippen molar-refractivity contribution in [2.75, 3.05) is 12.4 Å². The zero-order chi connectivity index (χ0) is 19.7. The Kier molecular flexibility index (Phi) is 5.37. The highest BCUT2D eigenvalue weighted by atomic mass is 32.2. The highest BCUT2D eigenvalue weighted by Gasteiger charge is 2.38. The molecular weight excluding hydrogens is 374 g/mol. The Hall–Kier alpha value is -2.38. The molecule has 0 spiro atoms. The maximum atomic E-state index is 12.3. The predicted molar refractivity (Wildman–Crippen MR) is 111 cm³/mol. The zero-order valence-corrected chi connectivity index (χ0v) is 16.5. The molecule has 0 radical (unpaired) electrons. The number of fused-ring (bicyclic) bond motifs is 2. The molecule has 28 heavy (non-hydrogen) atoms. The summed E-state index contributed by atoms with van der Waals surface area (Å²) in [5.74, 6) is -0.276. The van der Waals surface area contributed by atoms with E-state index in [-0.39, 0.29) is 11.6 Å². The molecule has 146 valence electrons. The van der Waals surface area contributed by atoms with E-state index < -0.39 is 4.92 Å². The first-order chi connectivity index (χ1) is 13.5. The number of hydrogen-bond donors (Lipinski definition) is 1. The first-order valence-electron chi connectivity index (χ1n) is 9.54. The van der Waals surface area contributed by atoms with Crippen LogP contribution in [0.2, 0.25) is 0 Å². The van der Waals surface area contributed by atoms with Crippen molar-refractivity contribution >= 4 is 29.0 Å². The van der Waals surface area contributed by atoms with E-state index in [4.69, 9.17) is 0 Å². The van der Waals surface area contributed by atoms with E-state index >= 15 is 0 Å². The van der Waals surface area contributed by atoms with Crippen molar-refractivity contribution in [3.05, 3.63) is 64.2 Å². The Morgan fingerprint density at radius 2 is 1.68 bits per heavy atom. The number of thioether (sulfide) groups is 1. The summed E-state index contributed by atoms with van der Waals surface area (Å²) in [7, 11) is 2.26. The summed E-state index contributed by atoms with van der Waals surface area (Å²) >= 11 is 1.94. The third-order valence-corrected chi connectivity index (χ3v) is 7.07. The van der Waals surface area contributed by atoms with Crippen LogP contribution in [0.5, 0.6) is 0 Å². The number of anilines is 1. The van der Waals surface area contributed by atoms with Gasteiger partial charge in [0, 0.05) is 45.6 Å². The molecule has 0 aromatic heterocycles.